The number of fused-ring (bicyclic) bond motifs is 1. The second kappa shape index (κ2) is 9.06. The fraction of sp³-hybridized carbons (Fsp3) is 0.250. The highest BCUT2D eigenvalue weighted by Crippen LogP contribution is 2.28. The molecule has 0 aliphatic carbocycles. The molecule has 1 fully saturated rings. The van der Waals surface area contributed by atoms with E-state index in [-0.39, 0.29) is 11.9 Å². The van der Waals surface area contributed by atoms with Crippen molar-refractivity contribution in [2.24, 2.45) is 0 Å². The smallest absolute Gasteiger partial charge is 0.314 e. The van der Waals surface area contributed by atoms with Crippen LogP contribution < -0.4 is 20.8 Å². The maximum atomic E-state index is 13.2. The molecule has 1 saturated heterocycles. The van der Waals surface area contributed by atoms with Gasteiger partial charge in [-0.3, -0.25) is 14.5 Å². The predicted molar refractivity (Wildman–Crippen MR) is 126 cm³/mol. The van der Waals surface area contributed by atoms with Crippen LogP contribution in [0.4, 0.5) is 10.2 Å². The van der Waals surface area contributed by atoms with Crippen molar-refractivity contribution >= 4 is 16.9 Å². The molecule has 2 N–H and O–H groups in total. The largest absolute Gasteiger partial charge is 0.437 e. The summed E-state index contributed by atoms with van der Waals surface area (Å²) in [5.74, 6) is 1.20. The van der Waals surface area contributed by atoms with Crippen LogP contribution in [0.25, 0.3) is 11.0 Å². The number of nitrogens with zero attached hydrogens (tertiary/aromatic N) is 4. The fourth-order valence-corrected chi connectivity index (χ4v) is 4.16. The first-order valence-electron chi connectivity index (χ1n) is 11.0. The highest BCUT2D eigenvalue weighted by molar-refractivity contribution is 5.80. The summed E-state index contributed by atoms with van der Waals surface area (Å²) in [6.07, 6.45) is 1.44. The summed E-state index contributed by atoms with van der Waals surface area (Å²) in [6, 6.07) is 13.7. The van der Waals surface area contributed by atoms with Crippen LogP contribution in [0.2, 0.25) is 0 Å². The Kier molecular flexibility index (Phi) is 5.81. The van der Waals surface area contributed by atoms with Crippen LogP contribution in [0, 0.1) is 5.82 Å². The van der Waals surface area contributed by atoms with Gasteiger partial charge < -0.3 is 19.6 Å². The standard InChI is InChI=1S/C24H23FN6O3/c1-15(16-5-7-17(25)8-6-16)30-9-11-31(12-10-30)20-13-21(27-14-26-20)34-19-4-2-3-18-22(19)29-24(33)23(32)28-18/h2-8,13-15H,9-12H2,1H3,(H,28,32)(H,29,33)/t15-/m1/s1. The van der Waals surface area contributed by atoms with Gasteiger partial charge >= 0.3 is 11.1 Å². The van der Waals surface area contributed by atoms with Crippen molar-refractivity contribution in [2.75, 3.05) is 31.1 Å². The van der Waals surface area contributed by atoms with E-state index < -0.39 is 11.1 Å². The van der Waals surface area contributed by atoms with E-state index in [2.05, 4.69) is 36.7 Å². The lowest BCUT2D eigenvalue weighted by Crippen LogP contribution is -2.47. The van der Waals surface area contributed by atoms with Crippen molar-refractivity contribution in [1.82, 2.24) is 24.8 Å². The Hall–Kier alpha value is -4.05. The average molecular weight is 462 g/mol. The van der Waals surface area contributed by atoms with Gasteiger partial charge in [0.25, 0.3) is 0 Å². The fourth-order valence-electron chi connectivity index (χ4n) is 4.16. The molecule has 0 saturated carbocycles. The molecule has 0 radical (unpaired) electrons. The molecule has 5 rings (SSSR count). The van der Waals surface area contributed by atoms with E-state index in [4.69, 9.17) is 4.74 Å². The minimum Gasteiger partial charge on any atom is -0.437 e. The number of rotatable bonds is 5. The summed E-state index contributed by atoms with van der Waals surface area (Å²) in [5.41, 5.74) is 0.460. The van der Waals surface area contributed by atoms with Gasteiger partial charge in [-0.25, -0.2) is 14.4 Å². The number of hydrogen-bond donors (Lipinski definition) is 2. The summed E-state index contributed by atoms with van der Waals surface area (Å²) in [7, 11) is 0. The van der Waals surface area contributed by atoms with E-state index in [9.17, 15) is 14.0 Å². The van der Waals surface area contributed by atoms with Crippen molar-refractivity contribution in [2.45, 2.75) is 13.0 Å². The van der Waals surface area contributed by atoms with Crippen LogP contribution in [0.3, 0.4) is 0 Å². The molecule has 3 heterocycles. The third-order valence-electron chi connectivity index (χ3n) is 6.10. The van der Waals surface area contributed by atoms with Gasteiger partial charge in [-0.1, -0.05) is 18.2 Å². The van der Waals surface area contributed by atoms with Crippen LogP contribution in [-0.2, 0) is 0 Å². The van der Waals surface area contributed by atoms with E-state index in [0.29, 0.717) is 22.7 Å². The van der Waals surface area contributed by atoms with Crippen molar-refractivity contribution < 1.29 is 9.13 Å². The number of aromatic nitrogens is 4. The second-order valence-corrected chi connectivity index (χ2v) is 8.15. The number of H-pyrrole nitrogens is 2. The lowest BCUT2D eigenvalue weighted by molar-refractivity contribution is 0.198. The molecule has 34 heavy (non-hydrogen) atoms. The number of para-hydroxylation sites is 1. The predicted octanol–water partition coefficient (Wildman–Crippen LogP) is 2.82. The van der Waals surface area contributed by atoms with Crippen LogP contribution in [0.1, 0.15) is 18.5 Å². The van der Waals surface area contributed by atoms with Crippen molar-refractivity contribution in [3.8, 4) is 11.6 Å². The number of hydrogen-bond acceptors (Lipinski definition) is 7. The maximum Gasteiger partial charge on any atom is 0.314 e. The number of benzene rings is 2. The highest BCUT2D eigenvalue weighted by Gasteiger charge is 2.23. The van der Waals surface area contributed by atoms with E-state index in [1.165, 1.54) is 18.5 Å². The monoisotopic (exact) mass is 462 g/mol. The Morgan fingerprint density at radius 3 is 2.47 bits per heavy atom. The third kappa shape index (κ3) is 4.40. The summed E-state index contributed by atoms with van der Waals surface area (Å²) >= 11 is 0. The van der Waals surface area contributed by atoms with E-state index in [0.717, 1.165) is 37.6 Å². The summed E-state index contributed by atoms with van der Waals surface area (Å²) in [6.45, 7) is 5.32. The molecule has 1 aliphatic heterocycles. The van der Waals surface area contributed by atoms with Crippen molar-refractivity contribution in [1.29, 1.82) is 0 Å². The van der Waals surface area contributed by atoms with E-state index in [1.807, 2.05) is 12.1 Å². The molecule has 0 amide bonds. The van der Waals surface area contributed by atoms with Crippen LogP contribution in [0.5, 0.6) is 11.6 Å². The quantitative estimate of drug-likeness (QED) is 0.439. The molecule has 9 nitrogen and oxygen atoms in total. The Balaban J connectivity index is 1.29. The third-order valence-corrected chi connectivity index (χ3v) is 6.10. The first kappa shape index (κ1) is 21.8. The molecular formula is C24H23FN6O3. The molecule has 0 spiro atoms. The molecule has 1 atom stereocenters. The van der Waals surface area contributed by atoms with Crippen molar-refractivity contribution in [3.63, 3.8) is 0 Å². The topological polar surface area (TPSA) is 107 Å². The number of nitrogens with one attached hydrogen (secondary N) is 2. The summed E-state index contributed by atoms with van der Waals surface area (Å²) in [5, 5.41) is 0. The molecule has 0 unspecified atom stereocenters. The zero-order chi connectivity index (χ0) is 23.7. The number of piperazine rings is 1. The van der Waals surface area contributed by atoms with Gasteiger partial charge in [0, 0.05) is 38.3 Å². The van der Waals surface area contributed by atoms with Crippen LogP contribution >= 0.6 is 0 Å². The average Bonchev–Trinajstić information content (AvgIpc) is 2.86. The van der Waals surface area contributed by atoms with Gasteiger partial charge in [0.05, 0.1) is 5.52 Å². The number of halogens is 1. The lowest BCUT2D eigenvalue weighted by Gasteiger charge is -2.38. The summed E-state index contributed by atoms with van der Waals surface area (Å²) < 4.78 is 19.2. The molecule has 4 aromatic rings. The molecule has 2 aromatic heterocycles. The Morgan fingerprint density at radius 2 is 1.71 bits per heavy atom. The van der Waals surface area contributed by atoms with Gasteiger partial charge in [0.2, 0.25) is 5.88 Å². The van der Waals surface area contributed by atoms with Gasteiger partial charge in [-0.15, -0.1) is 0 Å². The number of anilines is 1. The van der Waals surface area contributed by atoms with E-state index >= 15 is 0 Å². The zero-order valence-electron chi connectivity index (χ0n) is 18.5. The molecule has 0 bridgehead atoms. The van der Waals surface area contributed by atoms with Gasteiger partial charge in [-0.05, 0) is 36.8 Å². The summed E-state index contributed by atoms with van der Waals surface area (Å²) in [4.78, 5) is 41.6. The van der Waals surface area contributed by atoms with Crippen LogP contribution in [-0.4, -0.2) is 51.0 Å². The molecule has 1 aliphatic rings. The lowest BCUT2D eigenvalue weighted by atomic mass is 10.1. The SMILES string of the molecule is C[C@H](c1ccc(F)cc1)N1CCN(c2cc(Oc3cccc4[nH]c(=O)c(=O)[nH]c34)ncn2)CC1. The van der Waals surface area contributed by atoms with Crippen LogP contribution in [0.15, 0.2) is 64.4 Å². The van der Waals surface area contributed by atoms with Gasteiger partial charge in [0.1, 0.15) is 23.5 Å². The number of ether oxygens (including phenoxy) is 1. The Labute approximate surface area is 193 Å². The van der Waals surface area contributed by atoms with Gasteiger partial charge in [-0.2, -0.15) is 0 Å². The highest BCUT2D eigenvalue weighted by atomic mass is 19.1. The Morgan fingerprint density at radius 1 is 0.971 bits per heavy atom. The van der Waals surface area contributed by atoms with Crippen molar-refractivity contribution in [3.05, 3.63) is 86.9 Å². The normalized spacial score (nSPS) is 15.4. The molecular weight excluding hydrogens is 439 g/mol. The first-order valence-corrected chi connectivity index (χ1v) is 11.0. The minimum absolute atomic E-state index is 0.187. The molecule has 10 heteroatoms. The van der Waals surface area contributed by atoms with E-state index in [1.54, 1.807) is 24.3 Å². The second-order valence-electron chi connectivity index (χ2n) is 8.15. The molecule has 174 valence electrons. The minimum atomic E-state index is -0.750. The first-order chi connectivity index (χ1) is 16.5. The maximum absolute atomic E-state index is 13.2. The number of aromatic amines is 2. The zero-order valence-corrected chi connectivity index (χ0v) is 18.5. The van der Waals surface area contributed by atoms with Gasteiger partial charge in [0.15, 0.2) is 5.75 Å². The molecule has 2 aromatic carbocycles. The Bertz CT molecular complexity index is 1430.